The maximum Gasteiger partial charge on any atom is 0.124 e. The van der Waals surface area contributed by atoms with E-state index in [0.29, 0.717) is 0 Å². The lowest BCUT2D eigenvalue weighted by atomic mass is 10.0. The first-order valence-corrected chi connectivity index (χ1v) is 9.50. The number of pyridine rings is 1. The van der Waals surface area contributed by atoms with E-state index >= 15 is 0 Å². The van der Waals surface area contributed by atoms with Crippen LogP contribution in [0.4, 0.5) is 0 Å². The Bertz CT molecular complexity index is 747. The fourth-order valence-corrected chi connectivity index (χ4v) is 4.27. The summed E-state index contributed by atoms with van der Waals surface area (Å²) in [5.74, 6) is 1.01. The van der Waals surface area contributed by atoms with Gasteiger partial charge in [-0.15, -0.1) is 0 Å². The Morgan fingerprint density at radius 2 is 1.92 bits per heavy atom. The number of hydrogen-bond acceptors (Lipinski definition) is 3. The van der Waals surface area contributed by atoms with E-state index in [2.05, 4.69) is 30.9 Å². The molecule has 1 aromatic heterocycles. The number of aryl methyl sites for hydroxylation is 3. The van der Waals surface area contributed by atoms with Crippen LogP contribution in [0.3, 0.4) is 0 Å². The molecule has 128 valence electrons. The number of rotatable bonds is 5. The van der Waals surface area contributed by atoms with Crippen LogP contribution in [0.1, 0.15) is 48.1 Å². The molecule has 2 heterocycles. The zero-order valence-electron chi connectivity index (χ0n) is 15.0. The molecule has 4 rings (SSSR count). The lowest BCUT2D eigenvalue weighted by Gasteiger charge is -2.16. The SMILES string of the molecule is Cc1cc2c(C)c3c(nc2cc1OCCCN1CCCC1)CCC3. The number of aromatic nitrogens is 1. The number of likely N-dealkylation sites (tertiary alicyclic amines) is 1. The monoisotopic (exact) mass is 324 g/mol. The Balaban J connectivity index is 1.49. The van der Waals surface area contributed by atoms with E-state index in [4.69, 9.17) is 9.72 Å². The maximum atomic E-state index is 6.10. The first kappa shape index (κ1) is 15.9. The molecule has 0 saturated carbocycles. The largest absolute Gasteiger partial charge is 0.493 e. The van der Waals surface area contributed by atoms with Crippen molar-refractivity contribution in [3.63, 3.8) is 0 Å². The lowest BCUT2D eigenvalue weighted by molar-refractivity contribution is 0.262. The predicted molar refractivity (Wildman–Crippen MR) is 99.0 cm³/mol. The fourth-order valence-electron chi connectivity index (χ4n) is 4.27. The Hall–Kier alpha value is -1.61. The fraction of sp³-hybridized carbons (Fsp3) is 0.571. The highest BCUT2D eigenvalue weighted by atomic mass is 16.5. The Morgan fingerprint density at radius 3 is 2.75 bits per heavy atom. The molecule has 0 bridgehead atoms. The second-order valence-corrected chi connectivity index (χ2v) is 7.40. The zero-order valence-corrected chi connectivity index (χ0v) is 15.0. The molecule has 2 aliphatic rings. The summed E-state index contributed by atoms with van der Waals surface area (Å²) in [6.45, 7) is 8.91. The molecule has 2 aromatic rings. The summed E-state index contributed by atoms with van der Waals surface area (Å²) < 4.78 is 6.10. The van der Waals surface area contributed by atoms with Gasteiger partial charge in [-0.05, 0) is 88.2 Å². The molecule has 1 aromatic carbocycles. The first-order chi connectivity index (χ1) is 11.7. The van der Waals surface area contributed by atoms with Crippen molar-refractivity contribution < 1.29 is 4.74 Å². The quantitative estimate of drug-likeness (QED) is 0.771. The van der Waals surface area contributed by atoms with Crippen molar-refractivity contribution in [3.8, 4) is 5.75 Å². The normalized spacial score (nSPS) is 17.6. The molecule has 0 radical (unpaired) electrons. The lowest BCUT2D eigenvalue weighted by Crippen LogP contribution is -2.21. The summed E-state index contributed by atoms with van der Waals surface area (Å²) in [6.07, 6.45) is 7.40. The molecule has 24 heavy (non-hydrogen) atoms. The van der Waals surface area contributed by atoms with E-state index < -0.39 is 0 Å². The van der Waals surface area contributed by atoms with Gasteiger partial charge in [0.2, 0.25) is 0 Å². The second-order valence-electron chi connectivity index (χ2n) is 7.40. The van der Waals surface area contributed by atoms with Crippen LogP contribution in [-0.2, 0) is 12.8 Å². The van der Waals surface area contributed by atoms with Crippen molar-refractivity contribution in [3.05, 3.63) is 34.5 Å². The molecule has 1 fully saturated rings. The Kier molecular flexibility index (Phi) is 4.45. The third kappa shape index (κ3) is 3.02. The molecule has 0 amide bonds. The highest BCUT2D eigenvalue weighted by Gasteiger charge is 2.18. The van der Waals surface area contributed by atoms with E-state index in [9.17, 15) is 0 Å². The number of benzene rings is 1. The molecule has 0 unspecified atom stereocenters. The predicted octanol–water partition coefficient (Wildman–Crippen LogP) is 4.21. The summed E-state index contributed by atoms with van der Waals surface area (Å²) in [6, 6.07) is 4.43. The average molecular weight is 324 g/mol. The van der Waals surface area contributed by atoms with Gasteiger partial charge >= 0.3 is 0 Å². The molecule has 0 atom stereocenters. The molecule has 3 nitrogen and oxygen atoms in total. The van der Waals surface area contributed by atoms with Gasteiger partial charge in [-0.25, -0.2) is 0 Å². The van der Waals surface area contributed by atoms with Crippen LogP contribution in [0, 0.1) is 13.8 Å². The molecule has 1 aliphatic carbocycles. The van der Waals surface area contributed by atoms with E-state index in [0.717, 1.165) is 37.3 Å². The maximum absolute atomic E-state index is 6.10. The van der Waals surface area contributed by atoms with Crippen molar-refractivity contribution in [2.75, 3.05) is 26.2 Å². The van der Waals surface area contributed by atoms with Crippen LogP contribution in [0.15, 0.2) is 12.1 Å². The van der Waals surface area contributed by atoms with Gasteiger partial charge in [0, 0.05) is 23.7 Å². The zero-order chi connectivity index (χ0) is 16.5. The second kappa shape index (κ2) is 6.72. The van der Waals surface area contributed by atoms with Crippen LogP contribution >= 0.6 is 0 Å². The average Bonchev–Trinajstić information content (AvgIpc) is 3.24. The molecule has 3 heteroatoms. The number of nitrogens with zero attached hydrogens (tertiary/aromatic N) is 2. The van der Waals surface area contributed by atoms with E-state index in [1.165, 1.54) is 66.5 Å². The van der Waals surface area contributed by atoms with Gasteiger partial charge in [0.1, 0.15) is 5.75 Å². The minimum atomic E-state index is 0.798. The van der Waals surface area contributed by atoms with Crippen LogP contribution in [0.25, 0.3) is 10.9 Å². The van der Waals surface area contributed by atoms with Crippen LogP contribution < -0.4 is 4.74 Å². The molecular weight excluding hydrogens is 296 g/mol. The topological polar surface area (TPSA) is 25.4 Å². The third-order valence-electron chi connectivity index (χ3n) is 5.67. The minimum absolute atomic E-state index is 0.798. The summed E-state index contributed by atoms with van der Waals surface area (Å²) in [5.41, 5.74) is 6.56. The van der Waals surface area contributed by atoms with Crippen LogP contribution in [0.5, 0.6) is 5.75 Å². The van der Waals surface area contributed by atoms with Crippen molar-refractivity contribution >= 4 is 10.9 Å². The highest BCUT2D eigenvalue weighted by molar-refractivity contribution is 5.86. The minimum Gasteiger partial charge on any atom is -0.493 e. The smallest absolute Gasteiger partial charge is 0.124 e. The van der Waals surface area contributed by atoms with Crippen molar-refractivity contribution in [1.29, 1.82) is 0 Å². The van der Waals surface area contributed by atoms with Gasteiger partial charge in [0.15, 0.2) is 0 Å². The van der Waals surface area contributed by atoms with E-state index in [1.807, 2.05) is 0 Å². The summed E-state index contributed by atoms with van der Waals surface area (Å²) in [4.78, 5) is 7.47. The first-order valence-electron chi connectivity index (χ1n) is 9.50. The third-order valence-corrected chi connectivity index (χ3v) is 5.67. The van der Waals surface area contributed by atoms with Gasteiger partial charge in [0.05, 0.1) is 12.1 Å². The Morgan fingerprint density at radius 1 is 1.08 bits per heavy atom. The molecular formula is C21H28N2O. The van der Waals surface area contributed by atoms with Gasteiger partial charge in [-0.1, -0.05) is 0 Å². The summed E-state index contributed by atoms with van der Waals surface area (Å²) >= 11 is 0. The van der Waals surface area contributed by atoms with E-state index in [-0.39, 0.29) is 0 Å². The summed E-state index contributed by atoms with van der Waals surface area (Å²) in [7, 11) is 0. The number of fused-ring (bicyclic) bond motifs is 2. The molecule has 0 spiro atoms. The van der Waals surface area contributed by atoms with Gasteiger partial charge in [-0.3, -0.25) is 4.98 Å². The number of ether oxygens (including phenoxy) is 1. The van der Waals surface area contributed by atoms with Gasteiger partial charge in [-0.2, -0.15) is 0 Å². The van der Waals surface area contributed by atoms with E-state index in [1.54, 1.807) is 0 Å². The van der Waals surface area contributed by atoms with Crippen molar-refractivity contribution in [1.82, 2.24) is 9.88 Å². The number of hydrogen-bond donors (Lipinski definition) is 0. The van der Waals surface area contributed by atoms with Crippen LogP contribution in [-0.4, -0.2) is 36.1 Å². The van der Waals surface area contributed by atoms with Gasteiger partial charge in [0.25, 0.3) is 0 Å². The van der Waals surface area contributed by atoms with Crippen molar-refractivity contribution in [2.45, 2.75) is 52.4 Å². The molecule has 0 N–H and O–H groups in total. The van der Waals surface area contributed by atoms with Crippen LogP contribution in [0.2, 0.25) is 0 Å². The Labute approximate surface area is 145 Å². The summed E-state index contributed by atoms with van der Waals surface area (Å²) in [5, 5.41) is 1.30. The highest BCUT2D eigenvalue weighted by Crippen LogP contribution is 2.32. The van der Waals surface area contributed by atoms with Crippen molar-refractivity contribution in [2.24, 2.45) is 0 Å². The molecule has 1 saturated heterocycles. The standard InChI is InChI=1S/C21H28N2O/c1-15-13-18-16(2)17-7-5-8-19(17)22-20(18)14-21(15)24-12-6-11-23-9-3-4-10-23/h13-14H,3-12H2,1-2H3. The van der Waals surface area contributed by atoms with Gasteiger partial charge < -0.3 is 9.64 Å². The molecule has 1 aliphatic heterocycles.